The van der Waals surface area contributed by atoms with E-state index in [-0.39, 0.29) is 0 Å². The lowest BCUT2D eigenvalue weighted by Gasteiger charge is -2.42. The van der Waals surface area contributed by atoms with Crippen molar-refractivity contribution in [2.24, 2.45) is 0 Å². The van der Waals surface area contributed by atoms with E-state index in [0.29, 0.717) is 0 Å². The number of fused-ring (bicyclic) bond motifs is 6. The van der Waals surface area contributed by atoms with Gasteiger partial charge in [0.2, 0.25) is 0 Å². The Morgan fingerprint density at radius 1 is 0.296 bits per heavy atom. The molecule has 0 N–H and O–H groups in total. The molecule has 10 aromatic carbocycles. The number of benzene rings is 10. The molecule has 54 heavy (non-hydrogen) atoms. The molecule has 0 heterocycles. The first-order valence-electron chi connectivity index (χ1n) is 19.0. The van der Waals surface area contributed by atoms with Gasteiger partial charge in [0, 0.05) is 0 Å². The second-order valence-electron chi connectivity index (χ2n) is 14.8. The van der Waals surface area contributed by atoms with Gasteiger partial charge in [0.15, 0.2) is 0 Å². The highest BCUT2D eigenvalue weighted by atomic mass is 14.4. The zero-order valence-corrected chi connectivity index (χ0v) is 29.8. The van der Waals surface area contributed by atoms with E-state index in [9.17, 15) is 0 Å². The van der Waals surface area contributed by atoms with Crippen LogP contribution < -0.4 is 0 Å². The third kappa shape index (κ3) is 4.57. The second-order valence-corrected chi connectivity index (χ2v) is 14.8. The van der Waals surface area contributed by atoms with Crippen molar-refractivity contribution in [1.29, 1.82) is 0 Å². The number of hydrogen-bond donors (Lipinski definition) is 0. The molecule has 0 fully saturated rings. The predicted molar refractivity (Wildman–Crippen MR) is 228 cm³/mol. The van der Waals surface area contributed by atoms with Crippen molar-refractivity contribution in [1.82, 2.24) is 0 Å². The number of rotatable bonds is 4. The lowest BCUT2D eigenvalue weighted by molar-refractivity contribution is 0.703. The summed E-state index contributed by atoms with van der Waals surface area (Å²) in [6.45, 7) is 0. The molecule has 0 aliphatic heterocycles. The minimum Gasteiger partial charge on any atom is -0.0620 e. The van der Waals surface area contributed by atoms with Crippen molar-refractivity contribution in [3.8, 4) is 22.3 Å². The van der Waals surface area contributed by atoms with Crippen LogP contribution in [0.1, 0.15) is 33.4 Å². The summed E-state index contributed by atoms with van der Waals surface area (Å²) in [5.74, 6) is 0. The summed E-state index contributed by atoms with van der Waals surface area (Å²) >= 11 is 0. The van der Waals surface area contributed by atoms with Crippen LogP contribution in [0, 0.1) is 0 Å². The molecule has 0 saturated heterocycles. The zero-order valence-electron chi connectivity index (χ0n) is 29.8. The first-order chi connectivity index (χ1) is 26.8. The van der Waals surface area contributed by atoms with Crippen molar-refractivity contribution in [2.75, 3.05) is 0 Å². The van der Waals surface area contributed by atoms with Crippen LogP contribution in [-0.4, -0.2) is 0 Å². The van der Waals surface area contributed by atoms with Gasteiger partial charge < -0.3 is 0 Å². The van der Waals surface area contributed by atoms with Gasteiger partial charge in [0.1, 0.15) is 0 Å². The van der Waals surface area contributed by atoms with Crippen LogP contribution >= 0.6 is 0 Å². The van der Waals surface area contributed by atoms with Crippen LogP contribution in [0.15, 0.2) is 206 Å². The Morgan fingerprint density at radius 3 is 0.981 bits per heavy atom. The summed E-state index contributed by atoms with van der Waals surface area (Å²) < 4.78 is 0. The molecule has 0 heteroatoms. The van der Waals surface area contributed by atoms with E-state index in [1.165, 1.54) is 98.7 Å². The average Bonchev–Trinajstić information content (AvgIpc) is 3.24. The van der Waals surface area contributed by atoms with E-state index in [1.54, 1.807) is 0 Å². The zero-order chi connectivity index (χ0) is 35.6. The maximum atomic E-state index is 2.40. The van der Waals surface area contributed by atoms with Crippen molar-refractivity contribution < 1.29 is 0 Å². The van der Waals surface area contributed by atoms with Crippen molar-refractivity contribution >= 4 is 43.1 Å². The highest BCUT2D eigenvalue weighted by molar-refractivity contribution is 6.13. The molecule has 11 rings (SSSR count). The fourth-order valence-corrected chi connectivity index (χ4v) is 9.64. The maximum Gasteiger partial charge on any atom is 0.0707 e. The fraction of sp³-hybridized carbons (Fsp3) is 0.0370. The normalized spacial score (nSPS) is 13.3. The van der Waals surface area contributed by atoms with Crippen molar-refractivity contribution in [3.05, 3.63) is 240 Å². The summed E-state index contributed by atoms with van der Waals surface area (Å²) in [6, 6.07) is 77.1. The standard InChI is InChI=1S/C54H36/c1-7-19-46-38(13-1)33-39-14-2-8-20-47(39)52(46)36-25-29-44(30-26-36)54(50-23-11-5-17-42(50)35-43-18-6-12-24-51(43)54)45-31-27-37(28-32-45)53-48-21-9-3-15-40(48)34-41-16-4-10-22-49(41)53/h1-34H,35H2. The SMILES string of the molecule is c1ccc2c(c1)Cc1ccccc1C2(c1ccc(-c2c3ccccc3cc3ccccc23)cc1)c1ccc(-c2c3ccccc3cc3ccccc23)cc1. The average molecular weight is 685 g/mol. The minimum absolute atomic E-state index is 0.496. The third-order valence-corrected chi connectivity index (χ3v) is 12.0. The summed E-state index contributed by atoms with van der Waals surface area (Å²) in [5, 5.41) is 10.2. The van der Waals surface area contributed by atoms with Crippen LogP contribution in [0.25, 0.3) is 65.3 Å². The van der Waals surface area contributed by atoms with E-state index in [2.05, 4.69) is 206 Å². The predicted octanol–water partition coefficient (Wildman–Crippen LogP) is 13.9. The Balaban J connectivity index is 1.15. The van der Waals surface area contributed by atoms with Gasteiger partial charge in [-0.25, -0.2) is 0 Å². The molecular weight excluding hydrogens is 649 g/mol. The highest BCUT2D eigenvalue weighted by Gasteiger charge is 2.43. The topological polar surface area (TPSA) is 0 Å². The fourth-order valence-electron chi connectivity index (χ4n) is 9.64. The van der Waals surface area contributed by atoms with Crippen molar-refractivity contribution in [2.45, 2.75) is 11.8 Å². The van der Waals surface area contributed by atoms with Gasteiger partial charge >= 0.3 is 0 Å². The molecule has 0 unspecified atom stereocenters. The Kier molecular flexibility index (Phi) is 6.94. The molecule has 10 aromatic rings. The van der Waals surface area contributed by atoms with Gasteiger partial charge in [0.25, 0.3) is 0 Å². The van der Waals surface area contributed by atoms with Crippen LogP contribution in [0.3, 0.4) is 0 Å². The molecule has 0 spiro atoms. The second kappa shape index (κ2) is 12.2. The van der Waals surface area contributed by atoms with Gasteiger partial charge in [0.05, 0.1) is 5.41 Å². The quantitative estimate of drug-likeness (QED) is 0.162. The van der Waals surface area contributed by atoms with Gasteiger partial charge in [-0.2, -0.15) is 0 Å². The molecule has 0 bridgehead atoms. The highest BCUT2D eigenvalue weighted by Crippen LogP contribution is 2.52. The molecule has 0 saturated carbocycles. The molecule has 252 valence electrons. The van der Waals surface area contributed by atoms with E-state index < -0.39 is 5.41 Å². The van der Waals surface area contributed by atoms with Gasteiger partial charge in [-0.3, -0.25) is 0 Å². The molecule has 0 radical (unpaired) electrons. The lowest BCUT2D eigenvalue weighted by Crippen LogP contribution is -2.36. The smallest absolute Gasteiger partial charge is 0.0620 e. The Bertz CT molecular complexity index is 2740. The number of hydrogen-bond acceptors (Lipinski definition) is 0. The molecule has 0 aromatic heterocycles. The molecule has 1 aliphatic rings. The Hall–Kier alpha value is -6.76. The van der Waals surface area contributed by atoms with Crippen LogP contribution in [0.4, 0.5) is 0 Å². The van der Waals surface area contributed by atoms with Gasteiger partial charge in [-0.1, -0.05) is 194 Å². The molecule has 0 nitrogen and oxygen atoms in total. The first kappa shape index (κ1) is 30.8. The van der Waals surface area contributed by atoms with Gasteiger partial charge in [-0.15, -0.1) is 0 Å². The minimum atomic E-state index is -0.496. The summed E-state index contributed by atoms with van der Waals surface area (Å²) in [4.78, 5) is 0. The van der Waals surface area contributed by atoms with Crippen molar-refractivity contribution in [3.63, 3.8) is 0 Å². The molecule has 0 atom stereocenters. The monoisotopic (exact) mass is 684 g/mol. The van der Waals surface area contributed by atoms with Crippen LogP contribution in [0.2, 0.25) is 0 Å². The molecular formula is C54H36. The molecule has 1 aliphatic carbocycles. The van der Waals surface area contributed by atoms with E-state index in [1.807, 2.05) is 0 Å². The molecule has 0 amide bonds. The lowest BCUT2D eigenvalue weighted by atomic mass is 9.59. The van der Waals surface area contributed by atoms with E-state index in [0.717, 1.165) is 6.42 Å². The largest absolute Gasteiger partial charge is 0.0707 e. The summed E-state index contributed by atoms with van der Waals surface area (Å²) in [7, 11) is 0. The third-order valence-electron chi connectivity index (χ3n) is 12.0. The summed E-state index contributed by atoms with van der Waals surface area (Å²) in [6.07, 6.45) is 0.925. The van der Waals surface area contributed by atoms with Gasteiger partial charge in [-0.05, 0) is 117 Å². The van der Waals surface area contributed by atoms with Crippen LogP contribution in [-0.2, 0) is 11.8 Å². The summed E-state index contributed by atoms with van der Waals surface area (Å²) in [5.41, 5.74) is 12.6. The van der Waals surface area contributed by atoms with E-state index in [4.69, 9.17) is 0 Å². The Labute approximate surface area is 315 Å². The first-order valence-corrected chi connectivity index (χ1v) is 19.0. The Morgan fingerprint density at radius 2 is 0.611 bits per heavy atom. The van der Waals surface area contributed by atoms with Crippen LogP contribution in [0.5, 0.6) is 0 Å². The van der Waals surface area contributed by atoms with E-state index >= 15 is 0 Å². The maximum absolute atomic E-state index is 2.40.